The fourth-order valence-electron chi connectivity index (χ4n) is 2.41. The van der Waals surface area contributed by atoms with E-state index < -0.39 is 6.61 Å². The SMILES string of the molecule is CCNC(=NCc1cc(OC)ccc1OC(F)F)NCCCn1ccnc1.I. The Morgan fingerprint density at radius 2 is 2.14 bits per heavy atom. The lowest BCUT2D eigenvalue weighted by Crippen LogP contribution is -2.38. The van der Waals surface area contributed by atoms with Crippen molar-refractivity contribution in [1.29, 1.82) is 0 Å². The first kappa shape index (κ1) is 23.9. The highest BCUT2D eigenvalue weighted by Gasteiger charge is 2.11. The summed E-state index contributed by atoms with van der Waals surface area (Å²) in [5, 5.41) is 6.36. The van der Waals surface area contributed by atoms with E-state index in [-0.39, 0.29) is 36.3 Å². The zero-order valence-corrected chi connectivity index (χ0v) is 18.2. The number of imidazole rings is 1. The largest absolute Gasteiger partial charge is 0.497 e. The van der Waals surface area contributed by atoms with Crippen LogP contribution in [0.5, 0.6) is 11.5 Å². The number of nitrogens with zero attached hydrogens (tertiary/aromatic N) is 3. The predicted molar refractivity (Wildman–Crippen MR) is 115 cm³/mol. The number of alkyl halides is 2. The minimum Gasteiger partial charge on any atom is -0.497 e. The van der Waals surface area contributed by atoms with Crippen LogP contribution in [0, 0.1) is 0 Å². The minimum absolute atomic E-state index is 0. The highest BCUT2D eigenvalue weighted by Crippen LogP contribution is 2.26. The molecule has 0 aliphatic heterocycles. The van der Waals surface area contributed by atoms with Crippen molar-refractivity contribution in [1.82, 2.24) is 20.2 Å². The number of methoxy groups -OCH3 is 1. The van der Waals surface area contributed by atoms with Gasteiger partial charge in [0.25, 0.3) is 0 Å². The van der Waals surface area contributed by atoms with Gasteiger partial charge >= 0.3 is 6.61 Å². The average Bonchev–Trinajstić information content (AvgIpc) is 3.17. The number of aromatic nitrogens is 2. The van der Waals surface area contributed by atoms with Gasteiger partial charge in [0.1, 0.15) is 11.5 Å². The van der Waals surface area contributed by atoms with Gasteiger partial charge in [-0.05, 0) is 31.5 Å². The summed E-state index contributed by atoms with van der Waals surface area (Å²) in [6, 6.07) is 4.68. The summed E-state index contributed by atoms with van der Waals surface area (Å²) >= 11 is 0. The average molecular weight is 509 g/mol. The van der Waals surface area contributed by atoms with Gasteiger partial charge in [0.15, 0.2) is 5.96 Å². The summed E-state index contributed by atoms with van der Waals surface area (Å²) in [5.74, 6) is 1.25. The van der Waals surface area contributed by atoms with Gasteiger partial charge < -0.3 is 24.7 Å². The van der Waals surface area contributed by atoms with Gasteiger partial charge in [0.2, 0.25) is 0 Å². The van der Waals surface area contributed by atoms with Crippen LogP contribution in [0.25, 0.3) is 0 Å². The van der Waals surface area contributed by atoms with Gasteiger partial charge in [-0.1, -0.05) is 0 Å². The number of aliphatic imine (C=N–C) groups is 1. The van der Waals surface area contributed by atoms with E-state index in [4.69, 9.17) is 4.74 Å². The highest BCUT2D eigenvalue weighted by atomic mass is 127. The Morgan fingerprint density at radius 1 is 1.32 bits per heavy atom. The number of guanidine groups is 1. The van der Waals surface area contributed by atoms with E-state index in [1.807, 2.05) is 17.7 Å². The summed E-state index contributed by atoms with van der Waals surface area (Å²) in [7, 11) is 1.52. The standard InChI is InChI=1S/C18H25F2N5O2.HI/c1-3-22-18(23-7-4-9-25-10-8-21-13-25)24-12-14-11-15(26-2)5-6-16(14)27-17(19)20;/h5-6,8,10-11,13,17H,3-4,7,9,12H2,1-2H3,(H2,22,23,24);1H. The maximum atomic E-state index is 12.6. The van der Waals surface area contributed by atoms with Crippen molar-refractivity contribution in [2.45, 2.75) is 33.0 Å². The smallest absolute Gasteiger partial charge is 0.387 e. The normalized spacial score (nSPS) is 11.1. The third-order valence-corrected chi connectivity index (χ3v) is 3.68. The summed E-state index contributed by atoms with van der Waals surface area (Å²) in [6.07, 6.45) is 6.31. The van der Waals surface area contributed by atoms with Crippen molar-refractivity contribution in [2.75, 3.05) is 20.2 Å². The highest BCUT2D eigenvalue weighted by molar-refractivity contribution is 14.0. The number of benzene rings is 1. The first-order valence-electron chi connectivity index (χ1n) is 8.72. The molecular weight excluding hydrogens is 483 g/mol. The molecule has 0 spiro atoms. The second-order valence-electron chi connectivity index (χ2n) is 5.63. The number of halogens is 3. The molecular formula is C18H26F2IN5O2. The third kappa shape index (κ3) is 8.28. The second kappa shape index (κ2) is 13.1. The number of nitrogens with one attached hydrogen (secondary N) is 2. The van der Waals surface area contributed by atoms with Crippen molar-refractivity contribution in [3.8, 4) is 11.5 Å². The van der Waals surface area contributed by atoms with E-state index >= 15 is 0 Å². The first-order chi connectivity index (χ1) is 13.1. The lowest BCUT2D eigenvalue weighted by molar-refractivity contribution is -0.0504. The monoisotopic (exact) mass is 509 g/mol. The molecule has 0 saturated carbocycles. The van der Waals surface area contributed by atoms with Gasteiger partial charge in [0, 0.05) is 37.6 Å². The van der Waals surface area contributed by atoms with Crippen LogP contribution in [0.4, 0.5) is 8.78 Å². The van der Waals surface area contributed by atoms with Crippen LogP contribution >= 0.6 is 24.0 Å². The molecule has 2 N–H and O–H groups in total. The molecule has 2 rings (SSSR count). The molecule has 10 heteroatoms. The Bertz CT molecular complexity index is 714. The number of rotatable bonds is 10. The zero-order chi connectivity index (χ0) is 19.5. The maximum absolute atomic E-state index is 12.6. The van der Waals surface area contributed by atoms with Crippen molar-refractivity contribution in [3.63, 3.8) is 0 Å². The summed E-state index contributed by atoms with van der Waals surface area (Å²) < 4.78 is 36.9. The van der Waals surface area contributed by atoms with Gasteiger partial charge in [-0.2, -0.15) is 8.78 Å². The van der Waals surface area contributed by atoms with Crippen molar-refractivity contribution in [3.05, 3.63) is 42.5 Å². The van der Waals surface area contributed by atoms with E-state index in [1.54, 1.807) is 24.7 Å². The third-order valence-electron chi connectivity index (χ3n) is 3.68. The zero-order valence-electron chi connectivity index (χ0n) is 15.9. The second-order valence-corrected chi connectivity index (χ2v) is 5.63. The van der Waals surface area contributed by atoms with E-state index in [2.05, 4.69) is 25.3 Å². The Labute approximate surface area is 180 Å². The Morgan fingerprint density at radius 3 is 2.79 bits per heavy atom. The molecule has 0 aliphatic carbocycles. The lowest BCUT2D eigenvalue weighted by atomic mass is 10.2. The van der Waals surface area contributed by atoms with Gasteiger partial charge in [0.05, 0.1) is 20.0 Å². The van der Waals surface area contributed by atoms with Gasteiger partial charge in [-0.25, -0.2) is 9.98 Å². The fourth-order valence-corrected chi connectivity index (χ4v) is 2.41. The van der Waals surface area contributed by atoms with Crippen LogP contribution in [0.1, 0.15) is 18.9 Å². The maximum Gasteiger partial charge on any atom is 0.387 e. The molecule has 2 aromatic rings. The molecule has 0 fully saturated rings. The molecule has 0 amide bonds. The fraction of sp³-hybridized carbons (Fsp3) is 0.444. The number of aryl methyl sites for hydroxylation is 1. The van der Waals surface area contributed by atoms with Crippen LogP contribution in [-0.2, 0) is 13.1 Å². The Hall–Kier alpha value is -2.11. The van der Waals surface area contributed by atoms with E-state index in [1.165, 1.54) is 13.2 Å². The first-order valence-corrected chi connectivity index (χ1v) is 8.72. The molecule has 0 aliphatic rings. The number of ether oxygens (including phenoxy) is 2. The van der Waals surface area contributed by atoms with Crippen LogP contribution in [-0.4, -0.2) is 42.3 Å². The van der Waals surface area contributed by atoms with Crippen LogP contribution < -0.4 is 20.1 Å². The molecule has 156 valence electrons. The molecule has 0 radical (unpaired) electrons. The topological polar surface area (TPSA) is 72.7 Å². The van der Waals surface area contributed by atoms with E-state index in [0.29, 0.717) is 30.4 Å². The molecule has 28 heavy (non-hydrogen) atoms. The van der Waals surface area contributed by atoms with E-state index in [9.17, 15) is 8.78 Å². The number of hydrogen-bond acceptors (Lipinski definition) is 4. The predicted octanol–water partition coefficient (Wildman–Crippen LogP) is 3.26. The van der Waals surface area contributed by atoms with Crippen LogP contribution in [0.15, 0.2) is 41.9 Å². The Kier molecular flexibility index (Phi) is 11.2. The van der Waals surface area contributed by atoms with Crippen LogP contribution in [0.2, 0.25) is 0 Å². The molecule has 0 saturated heterocycles. The molecule has 1 heterocycles. The lowest BCUT2D eigenvalue weighted by Gasteiger charge is -2.13. The quantitative estimate of drug-likeness (QED) is 0.223. The van der Waals surface area contributed by atoms with Crippen LogP contribution in [0.3, 0.4) is 0 Å². The summed E-state index contributed by atoms with van der Waals surface area (Å²) in [4.78, 5) is 8.46. The summed E-state index contributed by atoms with van der Waals surface area (Å²) in [6.45, 7) is 1.48. The summed E-state index contributed by atoms with van der Waals surface area (Å²) in [5.41, 5.74) is 0.519. The van der Waals surface area contributed by atoms with Crippen molar-refractivity contribution in [2.24, 2.45) is 4.99 Å². The Balaban J connectivity index is 0.00000392. The molecule has 0 atom stereocenters. The van der Waals surface area contributed by atoms with E-state index in [0.717, 1.165) is 13.0 Å². The number of hydrogen-bond donors (Lipinski definition) is 2. The minimum atomic E-state index is -2.89. The molecule has 7 nitrogen and oxygen atoms in total. The molecule has 1 aromatic carbocycles. The molecule has 1 aromatic heterocycles. The molecule has 0 unspecified atom stereocenters. The van der Waals surface area contributed by atoms with Crippen molar-refractivity contribution >= 4 is 29.9 Å². The van der Waals surface area contributed by atoms with Crippen molar-refractivity contribution < 1.29 is 18.3 Å². The van der Waals surface area contributed by atoms with Gasteiger partial charge in [-0.3, -0.25) is 0 Å². The van der Waals surface area contributed by atoms with Gasteiger partial charge in [-0.15, -0.1) is 24.0 Å². The molecule has 0 bridgehead atoms.